The molecule has 0 aliphatic rings. The van der Waals surface area contributed by atoms with Crippen molar-refractivity contribution in [3.63, 3.8) is 0 Å². The monoisotopic (exact) mass is 389 g/mol. The number of nitrogen functional groups attached to an aromatic ring is 1. The van der Waals surface area contributed by atoms with E-state index in [1.54, 1.807) is 13.8 Å². The molecule has 1 heterocycles. The van der Waals surface area contributed by atoms with Gasteiger partial charge >= 0.3 is 11.9 Å². The van der Waals surface area contributed by atoms with Gasteiger partial charge in [-0.05, 0) is 32.4 Å². The van der Waals surface area contributed by atoms with Gasteiger partial charge in [0.05, 0.1) is 28.9 Å². The molecule has 1 aromatic heterocycles. The van der Waals surface area contributed by atoms with Crippen LogP contribution in [0.25, 0.3) is 0 Å². The van der Waals surface area contributed by atoms with Crippen molar-refractivity contribution in [2.45, 2.75) is 26.9 Å². The number of esters is 2. The van der Waals surface area contributed by atoms with Crippen molar-refractivity contribution in [1.82, 2.24) is 4.98 Å². The van der Waals surface area contributed by atoms with Crippen LogP contribution in [0.5, 0.6) is 0 Å². The minimum atomic E-state index is -1.23. The molecule has 0 aliphatic heterocycles. The van der Waals surface area contributed by atoms with Gasteiger partial charge in [0.15, 0.2) is 6.10 Å². The van der Waals surface area contributed by atoms with Gasteiger partial charge in [0, 0.05) is 23.5 Å². The molecule has 0 bridgehead atoms. The number of aromatic nitrogens is 1. The van der Waals surface area contributed by atoms with Gasteiger partial charge < -0.3 is 20.2 Å². The first-order chi connectivity index (χ1) is 13.1. The number of hydrogen-bond acceptors (Lipinski definition) is 8. The molecule has 0 saturated carbocycles. The van der Waals surface area contributed by atoms with Gasteiger partial charge in [0.25, 0.3) is 5.69 Å². The number of carbonyl (C=O) groups excluding carboxylic acids is 3. The Bertz CT molecular complexity index is 978. The number of benzene rings is 1. The van der Waals surface area contributed by atoms with Crippen molar-refractivity contribution in [2.24, 2.45) is 0 Å². The number of nitrogens with one attached hydrogen (secondary N) is 1. The number of Topliss-reactive ketones (excluding diaryl/α,β-unsaturated/α-hetero) is 1. The van der Waals surface area contributed by atoms with E-state index >= 15 is 0 Å². The summed E-state index contributed by atoms with van der Waals surface area (Å²) in [5.74, 6) is -2.15. The van der Waals surface area contributed by atoms with E-state index < -0.39 is 28.7 Å². The highest BCUT2D eigenvalue weighted by Gasteiger charge is 2.28. The number of nitrogens with zero attached hydrogens (tertiary/aromatic N) is 1. The summed E-state index contributed by atoms with van der Waals surface area (Å²) < 4.78 is 9.82. The minimum absolute atomic E-state index is 0.0184. The maximum Gasteiger partial charge on any atom is 0.341 e. The molecule has 0 spiro atoms. The summed E-state index contributed by atoms with van der Waals surface area (Å²) in [5.41, 5.74) is 6.25. The molecule has 0 amide bonds. The van der Waals surface area contributed by atoms with Crippen LogP contribution in [0.2, 0.25) is 0 Å². The van der Waals surface area contributed by atoms with Crippen molar-refractivity contribution in [3.8, 4) is 0 Å². The Morgan fingerprint density at radius 1 is 1.21 bits per heavy atom. The second-order valence-electron chi connectivity index (χ2n) is 6.06. The van der Waals surface area contributed by atoms with Crippen molar-refractivity contribution in [1.29, 1.82) is 0 Å². The Morgan fingerprint density at radius 2 is 1.86 bits per heavy atom. The van der Waals surface area contributed by atoms with Gasteiger partial charge in [-0.15, -0.1) is 0 Å². The van der Waals surface area contributed by atoms with Crippen LogP contribution in [0.15, 0.2) is 18.2 Å². The van der Waals surface area contributed by atoms with Crippen LogP contribution in [0.1, 0.15) is 49.4 Å². The Hall–Kier alpha value is -3.69. The molecule has 1 atom stereocenters. The molecule has 28 heavy (non-hydrogen) atoms. The summed E-state index contributed by atoms with van der Waals surface area (Å²) in [6.45, 7) is 4.52. The zero-order chi connectivity index (χ0) is 21.2. The SMILES string of the molecule is COC(=O)c1c(C)[nH]c(C(=O)[C@H](C)OC(=O)c2cc([N+](=O)[O-])ccc2N)c1C. The lowest BCUT2D eigenvalue weighted by Gasteiger charge is -2.13. The van der Waals surface area contributed by atoms with Gasteiger partial charge in [-0.2, -0.15) is 0 Å². The number of non-ortho nitro benzene ring substituents is 1. The molecule has 2 aromatic rings. The number of methoxy groups -OCH3 is 1. The highest BCUT2D eigenvalue weighted by atomic mass is 16.6. The van der Waals surface area contributed by atoms with Gasteiger partial charge in [-0.1, -0.05) is 0 Å². The highest BCUT2D eigenvalue weighted by molar-refractivity contribution is 6.05. The summed E-state index contributed by atoms with van der Waals surface area (Å²) in [7, 11) is 1.23. The molecule has 0 saturated heterocycles. The average molecular weight is 389 g/mol. The van der Waals surface area contributed by atoms with Crippen LogP contribution in [0.3, 0.4) is 0 Å². The maximum absolute atomic E-state index is 12.7. The molecule has 148 valence electrons. The van der Waals surface area contributed by atoms with Crippen LogP contribution in [-0.2, 0) is 9.47 Å². The second kappa shape index (κ2) is 7.91. The molecular weight excluding hydrogens is 370 g/mol. The predicted molar refractivity (Wildman–Crippen MR) is 98.3 cm³/mol. The zero-order valence-corrected chi connectivity index (χ0v) is 15.7. The van der Waals surface area contributed by atoms with Crippen LogP contribution in [0.4, 0.5) is 11.4 Å². The first kappa shape index (κ1) is 20.6. The van der Waals surface area contributed by atoms with E-state index in [1.807, 2.05) is 0 Å². The smallest absolute Gasteiger partial charge is 0.341 e. The Kier molecular flexibility index (Phi) is 5.82. The van der Waals surface area contributed by atoms with E-state index in [-0.39, 0.29) is 28.2 Å². The summed E-state index contributed by atoms with van der Waals surface area (Å²) in [6.07, 6.45) is -1.23. The average Bonchev–Trinajstić information content (AvgIpc) is 2.94. The van der Waals surface area contributed by atoms with Crippen molar-refractivity contribution in [2.75, 3.05) is 12.8 Å². The largest absolute Gasteiger partial charge is 0.465 e. The zero-order valence-electron chi connectivity index (χ0n) is 15.7. The fourth-order valence-corrected chi connectivity index (χ4v) is 2.72. The fourth-order valence-electron chi connectivity index (χ4n) is 2.72. The molecule has 3 N–H and O–H groups in total. The molecular formula is C18H19N3O7. The molecule has 10 heteroatoms. The van der Waals surface area contributed by atoms with E-state index in [1.165, 1.54) is 20.1 Å². The topological polar surface area (TPSA) is 155 Å². The second-order valence-corrected chi connectivity index (χ2v) is 6.06. The first-order valence-corrected chi connectivity index (χ1v) is 8.15. The molecule has 0 unspecified atom stereocenters. The summed E-state index contributed by atoms with van der Waals surface area (Å²) >= 11 is 0. The number of nitro groups is 1. The van der Waals surface area contributed by atoms with E-state index in [9.17, 15) is 24.5 Å². The molecule has 10 nitrogen and oxygen atoms in total. The van der Waals surface area contributed by atoms with Gasteiger partial charge in [-0.25, -0.2) is 9.59 Å². The van der Waals surface area contributed by atoms with Crippen LogP contribution >= 0.6 is 0 Å². The minimum Gasteiger partial charge on any atom is -0.465 e. The third kappa shape index (κ3) is 3.85. The molecule has 0 fully saturated rings. The number of carbonyl (C=O) groups is 3. The third-order valence-corrected chi connectivity index (χ3v) is 4.19. The number of H-pyrrole nitrogens is 1. The lowest BCUT2D eigenvalue weighted by atomic mass is 10.1. The molecule has 2 rings (SSSR count). The summed E-state index contributed by atoms with van der Waals surface area (Å²) in [4.78, 5) is 49.8. The van der Waals surface area contributed by atoms with E-state index in [0.29, 0.717) is 11.3 Å². The quantitative estimate of drug-likeness (QED) is 0.251. The summed E-state index contributed by atoms with van der Waals surface area (Å²) in [5, 5.41) is 10.9. The predicted octanol–water partition coefficient (Wildman–Crippen LogP) is 2.34. The standard InChI is InChI=1S/C18H19N3O7/c1-8-14(18(24)27-4)9(2)20-15(8)16(22)10(3)28-17(23)12-7-11(21(25)26)5-6-13(12)19/h5-7,10,20H,19H2,1-4H3/t10-/m0/s1. The highest BCUT2D eigenvalue weighted by Crippen LogP contribution is 2.23. The molecule has 0 aliphatic carbocycles. The number of aryl methyl sites for hydroxylation is 1. The normalized spacial score (nSPS) is 11.6. The maximum atomic E-state index is 12.7. The Balaban J connectivity index is 2.26. The number of ketones is 1. The van der Waals surface area contributed by atoms with E-state index in [4.69, 9.17) is 15.2 Å². The number of hydrogen-bond donors (Lipinski definition) is 2. The van der Waals surface area contributed by atoms with Crippen LogP contribution in [0, 0.1) is 24.0 Å². The van der Waals surface area contributed by atoms with Gasteiger partial charge in [-0.3, -0.25) is 14.9 Å². The lowest BCUT2D eigenvalue weighted by molar-refractivity contribution is -0.384. The third-order valence-electron chi connectivity index (χ3n) is 4.19. The van der Waals surface area contributed by atoms with E-state index in [2.05, 4.69) is 4.98 Å². The van der Waals surface area contributed by atoms with Gasteiger partial charge in [0.1, 0.15) is 0 Å². The van der Waals surface area contributed by atoms with E-state index in [0.717, 1.165) is 12.1 Å². The fraction of sp³-hybridized carbons (Fsp3) is 0.278. The lowest BCUT2D eigenvalue weighted by Crippen LogP contribution is -2.26. The Labute approximate surface area is 159 Å². The number of anilines is 1. The molecule has 1 aromatic carbocycles. The number of ether oxygens (including phenoxy) is 2. The van der Waals surface area contributed by atoms with Crippen LogP contribution < -0.4 is 5.73 Å². The van der Waals surface area contributed by atoms with Crippen molar-refractivity contribution in [3.05, 3.63) is 56.4 Å². The number of nitrogens with two attached hydrogens (primary N) is 1. The Morgan fingerprint density at radius 3 is 2.43 bits per heavy atom. The molecule has 0 radical (unpaired) electrons. The van der Waals surface area contributed by atoms with Crippen LogP contribution in [-0.4, -0.2) is 40.8 Å². The summed E-state index contributed by atoms with van der Waals surface area (Å²) in [6, 6.07) is 3.34. The van der Waals surface area contributed by atoms with Gasteiger partial charge in [0.2, 0.25) is 5.78 Å². The van der Waals surface area contributed by atoms with Crippen molar-refractivity contribution >= 4 is 29.1 Å². The first-order valence-electron chi connectivity index (χ1n) is 8.15. The number of aromatic amines is 1. The van der Waals surface area contributed by atoms with Crippen molar-refractivity contribution < 1.29 is 28.8 Å². The number of nitro benzene ring substituents is 1. The number of rotatable bonds is 6.